The van der Waals surface area contributed by atoms with Crippen LogP contribution in [-0.2, 0) is 0 Å². The lowest BCUT2D eigenvalue weighted by Gasteiger charge is -2.07. The molecule has 1 amide bonds. The van der Waals surface area contributed by atoms with Crippen LogP contribution in [0.4, 0.5) is 0 Å². The number of ether oxygens (including phenoxy) is 2. The SMILES string of the molecule is COc1cc(OC)cc(-c2cc(C(N)=O)c(C)s2)c1. The van der Waals surface area contributed by atoms with E-state index in [9.17, 15) is 4.79 Å². The average molecular weight is 277 g/mol. The van der Waals surface area contributed by atoms with Gasteiger partial charge in [0.2, 0.25) is 5.91 Å². The number of nitrogens with two attached hydrogens (primary N) is 1. The zero-order chi connectivity index (χ0) is 14.0. The summed E-state index contributed by atoms with van der Waals surface area (Å²) in [7, 11) is 3.21. The second-order valence-electron chi connectivity index (χ2n) is 4.05. The lowest BCUT2D eigenvalue weighted by atomic mass is 10.1. The zero-order valence-electron chi connectivity index (χ0n) is 11.0. The topological polar surface area (TPSA) is 61.6 Å². The summed E-state index contributed by atoms with van der Waals surface area (Å²) in [4.78, 5) is 13.2. The molecule has 1 aromatic carbocycles. The summed E-state index contributed by atoms with van der Waals surface area (Å²) in [6.07, 6.45) is 0. The Morgan fingerprint density at radius 1 is 1.11 bits per heavy atom. The average Bonchev–Trinajstić information content (AvgIpc) is 2.80. The number of carbonyl (C=O) groups excluding carboxylic acids is 1. The first-order chi connectivity index (χ1) is 9.05. The first-order valence-electron chi connectivity index (χ1n) is 5.69. The molecule has 0 fully saturated rings. The van der Waals surface area contributed by atoms with E-state index < -0.39 is 5.91 Å². The number of rotatable bonds is 4. The molecule has 2 N–H and O–H groups in total. The molecule has 0 saturated heterocycles. The minimum absolute atomic E-state index is 0.408. The van der Waals surface area contributed by atoms with Crippen molar-refractivity contribution in [2.24, 2.45) is 5.73 Å². The van der Waals surface area contributed by atoms with Gasteiger partial charge in [-0.25, -0.2) is 0 Å². The Morgan fingerprint density at radius 3 is 2.11 bits per heavy atom. The quantitative estimate of drug-likeness (QED) is 0.934. The minimum atomic E-state index is -0.408. The summed E-state index contributed by atoms with van der Waals surface area (Å²) in [5, 5.41) is 0. The van der Waals surface area contributed by atoms with Crippen molar-refractivity contribution in [3.8, 4) is 21.9 Å². The predicted octanol–water partition coefficient (Wildman–Crippen LogP) is 2.84. The van der Waals surface area contributed by atoms with Crippen LogP contribution in [0.3, 0.4) is 0 Å². The molecule has 0 atom stereocenters. The van der Waals surface area contributed by atoms with Crippen LogP contribution in [0.25, 0.3) is 10.4 Å². The Kier molecular flexibility index (Phi) is 3.76. The molecule has 0 bridgehead atoms. The third kappa shape index (κ3) is 2.71. The molecule has 2 aromatic rings. The van der Waals surface area contributed by atoms with E-state index in [1.807, 2.05) is 19.1 Å². The zero-order valence-corrected chi connectivity index (χ0v) is 11.8. The van der Waals surface area contributed by atoms with Gasteiger partial charge in [-0.2, -0.15) is 0 Å². The van der Waals surface area contributed by atoms with Crippen LogP contribution in [0.2, 0.25) is 0 Å². The molecule has 19 heavy (non-hydrogen) atoms. The van der Waals surface area contributed by atoms with Gasteiger partial charge in [0.05, 0.1) is 19.8 Å². The molecule has 0 saturated carbocycles. The lowest BCUT2D eigenvalue weighted by Crippen LogP contribution is -2.10. The maximum Gasteiger partial charge on any atom is 0.249 e. The molecule has 0 unspecified atom stereocenters. The van der Waals surface area contributed by atoms with Gasteiger partial charge in [-0.05, 0) is 30.7 Å². The highest BCUT2D eigenvalue weighted by molar-refractivity contribution is 7.15. The van der Waals surface area contributed by atoms with Crippen molar-refractivity contribution in [2.75, 3.05) is 14.2 Å². The van der Waals surface area contributed by atoms with Gasteiger partial charge in [-0.3, -0.25) is 4.79 Å². The van der Waals surface area contributed by atoms with Gasteiger partial charge in [0.1, 0.15) is 11.5 Å². The van der Waals surface area contributed by atoms with Crippen LogP contribution in [0.15, 0.2) is 24.3 Å². The molecule has 0 aliphatic rings. The number of benzene rings is 1. The van der Waals surface area contributed by atoms with E-state index in [0.717, 1.165) is 15.3 Å². The van der Waals surface area contributed by atoms with E-state index in [0.29, 0.717) is 17.1 Å². The summed E-state index contributed by atoms with van der Waals surface area (Å²) in [6, 6.07) is 7.41. The Bertz CT molecular complexity index is 597. The first kappa shape index (κ1) is 13.4. The van der Waals surface area contributed by atoms with E-state index in [-0.39, 0.29) is 0 Å². The number of hydrogen-bond donors (Lipinski definition) is 1. The number of aryl methyl sites for hydroxylation is 1. The van der Waals surface area contributed by atoms with E-state index in [1.54, 1.807) is 26.4 Å². The largest absolute Gasteiger partial charge is 0.497 e. The molecule has 0 aliphatic heterocycles. The molecule has 1 heterocycles. The van der Waals surface area contributed by atoms with Crippen molar-refractivity contribution < 1.29 is 14.3 Å². The highest BCUT2D eigenvalue weighted by atomic mass is 32.1. The molecule has 0 radical (unpaired) electrons. The normalized spacial score (nSPS) is 10.3. The van der Waals surface area contributed by atoms with Gasteiger partial charge in [0, 0.05) is 15.8 Å². The fourth-order valence-electron chi connectivity index (χ4n) is 1.82. The molecule has 0 aliphatic carbocycles. The summed E-state index contributed by atoms with van der Waals surface area (Å²) in [5.41, 5.74) is 6.84. The minimum Gasteiger partial charge on any atom is -0.497 e. The maximum absolute atomic E-state index is 11.3. The smallest absolute Gasteiger partial charge is 0.249 e. The summed E-state index contributed by atoms with van der Waals surface area (Å²) in [5.74, 6) is 1.01. The van der Waals surface area contributed by atoms with Crippen molar-refractivity contribution in [2.45, 2.75) is 6.92 Å². The van der Waals surface area contributed by atoms with Gasteiger partial charge in [0.25, 0.3) is 0 Å². The van der Waals surface area contributed by atoms with E-state index in [2.05, 4.69) is 0 Å². The van der Waals surface area contributed by atoms with Gasteiger partial charge >= 0.3 is 0 Å². The molecule has 4 nitrogen and oxygen atoms in total. The summed E-state index contributed by atoms with van der Waals surface area (Å²) in [6.45, 7) is 1.88. The van der Waals surface area contributed by atoms with Gasteiger partial charge < -0.3 is 15.2 Å². The van der Waals surface area contributed by atoms with Crippen molar-refractivity contribution in [1.29, 1.82) is 0 Å². The highest BCUT2D eigenvalue weighted by Gasteiger charge is 2.13. The third-order valence-corrected chi connectivity index (χ3v) is 3.92. The van der Waals surface area contributed by atoms with Crippen molar-refractivity contribution in [1.82, 2.24) is 0 Å². The number of hydrogen-bond acceptors (Lipinski definition) is 4. The van der Waals surface area contributed by atoms with Crippen LogP contribution >= 0.6 is 11.3 Å². The molecule has 5 heteroatoms. The standard InChI is InChI=1S/C14H15NO3S/c1-8-12(14(15)16)7-13(19-8)9-4-10(17-2)6-11(5-9)18-3/h4-7H,1-3H3,(H2,15,16). The highest BCUT2D eigenvalue weighted by Crippen LogP contribution is 2.35. The maximum atomic E-state index is 11.3. The Balaban J connectivity index is 2.51. The molecular weight excluding hydrogens is 262 g/mol. The van der Waals surface area contributed by atoms with E-state index in [4.69, 9.17) is 15.2 Å². The number of thiophene rings is 1. The molecule has 100 valence electrons. The van der Waals surface area contributed by atoms with Crippen LogP contribution in [0.5, 0.6) is 11.5 Å². The molecule has 1 aromatic heterocycles. The van der Waals surface area contributed by atoms with Crippen molar-refractivity contribution in [3.63, 3.8) is 0 Å². The van der Waals surface area contributed by atoms with Crippen molar-refractivity contribution >= 4 is 17.2 Å². The fraction of sp³-hybridized carbons (Fsp3) is 0.214. The monoisotopic (exact) mass is 277 g/mol. The number of methoxy groups -OCH3 is 2. The van der Waals surface area contributed by atoms with E-state index >= 15 is 0 Å². The number of carbonyl (C=O) groups is 1. The number of amides is 1. The van der Waals surface area contributed by atoms with Gasteiger partial charge in [-0.15, -0.1) is 11.3 Å². The Morgan fingerprint density at radius 2 is 1.68 bits per heavy atom. The third-order valence-electron chi connectivity index (χ3n) is 2.82. The molecular formula is C14H15NO3S. The van der Waals surface area contributed by atoms with Crippen LogP contribution < -0.4 is 15.2 Å². The summed E-state index contributed by atoms with van der Waals surface area (Å²) < 4.78 is 10.5. The Hall–Kier alpha value is -2.01. The van der Waals surface area contributed by atoms with Crippen molar-refractivity contribution in [3.05, 3.63) is 34.7 Å². The Labute approximate surface area is 115 Å². The number of primary amides is 1. The summed E-state index contributed by atoms with van der Waals surface area (Å²) >= 11 is 1.52. The van der Waals surface area contributed by atoms with Crippen LogP contribution in [-0.4, -0.2) is 20.1 Å². The van der Waals surface area contributed by atoms with E-state index in [1.165, 1.54) is 11.3 Å². The molecule has 0 spiro atoms. The lowest BCUT2D eigenvalue weighted by molar-refractivity contribution is 0.100. The van der Waals surface area contributed by atoms with Gasteiger partial charge in [-0.1, -0.05) is 0 Å². The second kappa shape index (κ2) is 5.32. The van der Waals surface area contributed by atoms with Gasteiger partial charge in [0.15, 0.2) is 0 Å². The van der Waals surface area contributed by atoms with Crippen LogP contribution in [0, 0.1) is 6.92 Å². The molecule has 2 rings (SSSR count). The predicted molar refractivity (Wildman–Crippen MR) is 76.1 cm³/mol. The fourth-order valence-corrected chi connectivity index (χ4v) is 2.83. The van der Waals surface area contributed by atoms with Crippen LogP contribution in [0.1, 0.15) is 15.2 Å². The second-order valence-corrected chi connectivity index (χ2v) is 5.30. The first-order valence-corrected chi connectivity index (χ1v) is 6.50.